The number of unbranched alkanes of at least 4 members (excludes halogenated alkanes) is 2. The molecule has 0 aromatic carbocycles. The first-order chi connectivity index (χ1) is 14.7. The highest BCUT2D eigenvalue weighted by Gasteiger charge is 2.29. The van der Waals surface area contributed by atoms with E-state index < -0.39 is 54.5 Å². The van der Waals surface area contributed by atoms with E-state index in [9.17, 15) is 19.2 Å². The van der Waals surface area contributed by atoms with Crippen LogP contribution in [0.15, 0.2) is 0 Å². The molecule has 0 aromatic heterocycles. The number of amides is 3. The van der Waals surface area contributed by atoms with Crippen molar-refractivity contribution in [2.75, 3.05) is 25.4 Å². The van der Waals surface area contributed by atoms with Crippen molar-refractivity contribution < 1.29 is 29.4 Å². The molecule has 4 atom stereocenters. The Morgan fingerprint density at radius 1 is 0.774 bits per heavy atom. The maximum absolute atomic E-state index is 12.7. The Bertz CT molecular complexity index is 582. The molecule has 4 unspecified atom stereocenters. The number of aliphatic hydroxyl groups excluding tert-OH is 1. The van der Waals surface area contributed by atoms with Gasteiger partial charge in [0.1, 0.15) is 18.1 Å². The van der Waals surface area contributed by atoms with Gasteiger partial charge in [0.25, 0.3) is 0 Å². The second kappa shape index (κ2) is 16.7. The Hall–Kier alpha value is -1.93. The van der Waals surface area contributed by atoms with E-state index in [2.05, 4.69) is 28.6 Å². The number of carboxylic acid groups (broad SMARTS) is 1. The van der Waals surface area contributed by atoms with Crippen molar-refractivity contribution in [3.8, 4) is 0 Å². The van der Waals surface area contributed by atoms with Crippen molar-refractivity contribution in [3.63, 3.8) is 0 Å². The first-order valence-corrected chi connectivity index (χ1v) is 10.9. The quantitative estimate of drug-likeness (QED) is 0.0790. The van der Waals surface area contributed by atoms with Crippen LogP contribution < -0.4 is 33.2 Å². The molecule has 13 heteroatoms. The molecule has 11 N–H and O–H groups in total. The summed E-state index contributed by atoms with van der Waals surface area (Å²) in [5, 5.41) is 25.1. The van der Waals surface area contributed by atoms with Gasteiger partial charge in [-0.25, -0.2) is 4.79 Å². The lowest BCUT2D eigenvalue weighted by Gasteiger charge is -2.24. The van der Waals surface area contributed by atoms with Gasteiger partial charge in [-0.15, -0.1) is 0 Å². The summed E-state index contributed by atoms with van der Waals surface area (Å²) in [6.07, 6.45) is 3.28. The average molecular weight is 465 g/mol. The van der Waals surface area contributed by atoms with E-state index in [1.54, 1.807) is 0 Å². The number of thiol groups is 1. The van der Waals surface area contributed by atoms with Crippen molar-refractivity contribution >= 4 is 36.3 Å². The minimum absolute atomic E-state index is 0.128. The molecule has 180 valence electrons. The highest BCUT2D eigenvalue weighted by atomic mass is 32.1. The van der Waals surface area contributed by atoms with E-state index in [1.165, 1.54) is 0 Å². The molecule has 0 fully saturated rings. The number of aliphatic carboxylic acids is 1. The lowest BCUT2D eigenvalue weighted by atomic mass is 10.1. The molecule has 0 heterocycles. The summed E-state index contributed by atoms with van der Waals surface area (Å²) in [6, 6.07) is -4.45. The van der Waals surface area contributed by atoms with Crippen LogP contribution in [0.5, 0.6) is 0 Å². The van der Waals surface area contributed by atoms with Gasteiger partial charge in [-0.3, -0.25) is 14.4 Å². The van der Waals surface area contributed by atoms with E-state index in [0.29, 0.717) is 38.8 Å². The third kappa shape index (κ3) is 11.9. The summed E-state index contributed by atoms with van der Waals surface area (Å²) in [5.74, 6) is -3.50. The molecule has 12 nitrogen and oxygen atoms in total. The lowest BCUT2D eigenvalue weighted by molar-refractivity contribution is -0.143. The summed E-state index contributed by atoms with van der Waals surface area (Å²) in [6.45, 7) is 0.0963. The Labute approximate surface area is 187 Å². The molecule has 0 bridgehead atoms. The molecule has 0 aliphatic carbocycles. The third-order valence-electron chi connectivity index (χ3n) is 4.50. The standard InChI is InChI=1S/C18H36N6O6S/c19-7-3-1-5-11(21)15(26)22-12(6-2-4-8-20)16(27)24-14(10-31)17(28)23-13(9-25)18(29)30/h11-14,25,31H,1-10,19-21H2,(H,22,26)(H,23,28)(H,24,27)(H,29,30). The molecular weight excluding hydrogens is 428 g/mol. The van der Waals surface area contributed by atoms with E-state index in [0.717, 1.165) is 6.42 Å². The van der Waals surface area contributed by atoms with E-state index in [1.807, 2.05) is 0 Å². The Morgan fingerprint density at radius 3 is 1.74 bits per heavy atom. The highest BCUT2D eigenvalue weighted by molar-refractivity contribution is 7.80. The second-order valence-corrected chi connectivity index (χ2v) is 7.43. The number of carbonyl (C=O) groups excluding carboxylic acids is 3. The zero-order chi connectivity index (χ0) is 23.8. The topological polar surface area (TPSA) is 223 Å². The number of hydrogen-bond acceptors (Lipinski definition) is 9. The zero-order valence-electron chi connectivity index (χ0n) is 17.6. The van der Waals surface area contributed by atoms with Crippen LogP contribution in [0, 0.1) is 0 Å². The Morgan fingerprint density at radius 2 is 1.26 bits per heavy atom. The van der Waals surface area contributed by atoms with Crippen LogP contribution in [0.25, 0.3) is 0 Å². The maximum atomic E-state index is 12.7. The molecule has 3 amide bonds. The maximum Gasteiger partial charge on any atom is 0.328 e. The largest absolute Gasteiger partial charge is 0.480 e. The van der Waals surface area contributed by atoms with E-state index in [4.69, 9.17) is 27.4 Å². The third-order valence-corrected chi connectivity index (χ3v) is 4.86. The molecule has 0 aromatic rings. The fourth-order valence-corrected chi connectivity index (χ4v) is 2.86. The highest BCUT2D eigenvalue weighted by Crippen LogP contribution is 2.05. The van der Waals surface area contributed by atoms with Gasteiger partial charge in [0, 0.05) is 5.75 Å². The van der Waals surface area contributed by atoms with Gasteiger partial charge in [0.05, 0.1) is 12.6 Å². The first kappa shape index (κ1) is 29.1. The number of carboxylic acids is 1. The molecule has 0 aliphatic rings. The van der Waals surface area contributed by atoms with E-state index in [-0.39, 0.29) is 12.2 Å². The van der Waals surface area contributed by atoms with Crippen LogP contribution in [0.3, 0.4) is 0 Å². The first-order valence-electron chi connectivity index (χ1n) is 10.2. The van der Waals surface area contributed by atoms with Crippen LogP contribution in [0.2, 0.25) is 0 Å². The van der Waals surface area contributed by atoms with Crippen molar-refractivity contribution in [2.24, 2.45) is 17.2 Å². The van der Waals surface area contributed by atoms with Gasteiger partial charge in [0.15, 0.2) is 0 Å². The van der Waals surface area contributed by atoms with Crippen molar-refractivity contribution in [3.05, 3.63) is 0 Å². The fourth-order valence-electron chi connectivity index (χ4n) is 2.60. The lowest BCUT2D eigenvalue weighted by Crippen LogP contribution is -2.58. The summed E-state index contributed by atoms with van der Waals surface area (Å²) >= 11 is 4.02. The summed E-state index contributed by atoms with van der Waals surface area (Å²) in [7, 11) is 0. The number of aliphatic hydroxyl groups is 1. The number of hydrogen-bond donors (Lipinski definition) is 9. The predicted octanol–water partition coefficient (Wildman–Crippen LogP) is -2.97. The minimum Gasteiger partial charge on any atom is -0.480 e. The summed E-state index contributed by atoms with van der Waals surface area (Å²) < 4.78 is 0. The van der Waals surface area contributed by atoms with Crippen LogP contribution in [-0.4, -0.2) is 83.5 Å². The Kier molecular flexibility index (Phi) is 15.7. The molecule has 31 heavy (non-hydrogen) atoms. The van der Waals surface area contributed by atoms with Crippen molar-refractivity contribution in [2.45, 2.75) is 62.7 Å². The molecule has 0 saturated carbocycles. The van der Waals surface area contributed by atoms with Gasteiger partial charge < -0.3 is 43.4 Å². The van der Waals surface area contributed by atoms with Gasteiger partial charge in [-0.1, -0.05) is 6.42 Å². The number of carbonyl (C=O) groups is 4. The second-order valence-electron chi connectivity index (χ2n) is 7.06. The molecule has 0 radical (unpaired) electrons. The zero-order valence-corrected chi connectivity index (χ0v) is 18.5. The number of nitrogens with one attached hydrogen (secondary N) is 3. The monoisotopic (exact) mass is 464 g/mol. The number of nitrogens with two attached hydrogens (primary N) is 3. The molecule has 0 rings (SSSR count). The van der Waals surface area contributed by atoms with E-state index >= 15 is 0 Å². The van der Waals surface area contributed by atoms with Gasteiger partial charge in [0.2, 0.25) is 17.7 Å². The van der Waals surface area contributed by atoms with Crippen LogP contribution in [-0.2, 0) is 19.2 Å². The summed E-state index contributed by atoms with van der Waals surface area (Å²) in [5.41, 5.74) is 16.8. The molecular formula is C18H36N6O6S. The molecule has 0 aliphatic heterocycles. The molecule has 0 saturated heterocycles. The normalized spacial score (nSPS) is 14.7. The summed E-state index contributed by atoms with van der Waals surface area (Å²) in [4.78, 5) is 48.3. The minimum atomic E-state index is -1.52. The SMILES string of the molecule is NCCCCC(N)C(=O)NC(CCCCN)C(=O)NC(CS)C(=O)NC(CO)C(=O)O. The van der Waals surface area contributed by atoms with Crippen LogP contribution in [0.1, 0.15) is 38.5 Å². The van der Waals surface area contributed by atoms with Crippen LogP contribution >= 0.6 is 12.6 Å². The van der Waals surface area contributed by atoms with Gasteiger partial charge >= 0.3 is 5.97 Å². The smallest absolute Gasteiger partial charge is 0.328 e. The van der Waals surface area contributed by atoms with Gasteiger partial charge in [-0.05, 0) is 45.2 Å². The molecule has 0 spiro atoms. The predicted molar refractivity (Wildman–Crippen MR) is 118 cm³/mol. The van der Waals surface area contributed by atoms with Crippen molar-refractivity contribution in [1.82, 2.24) is 16.0 Å². The van der Waals surface area contributed by atoms with Crippen LogP contribution in [0.4, 0.5) is 0 Å². The number of rotatable bonds is 17. The Balaban J connectivity index is 5.09. The average Bonchev–Trinajstić information content (AvgIpc) is 2.74. The van der Waals surface area contributed by atoms with Gasteiger partial charge in [-0.2, -0.15) is 12.6 Å². The van der Waals surface area contributed by atoms with Crippen molar-refractivity contribution in [1.29, 1.82) is 0 Å². The fraction of sp³-hybridized carbons (Fsp3) is 0.778.